The lowest BCUT2D eigenvalue weighted by Crippen LogP contribution is -2.25. The maximum atomic E-state index is 9.53. The number of hydrogen-bond donors (Lipinski definition) is 1. The predicted octanol–water partition coefficient (Wildman–Crippen LogP) is 3.26. The minimum atomic E-state index is -0.0291. The number of aliphatic hydroxyl groups is 1. The quantitative estimate of drug-likeness (QED) is 0.872. The van der Waals surface area contributed by atoms with Crippen molar-refractivity contribution < 1.29 is 5.11 Å². The number of hydrogen-bond acceptors (Lipinski definition) is 4. The molecule has 0 aliphatic rings. The number of pyridine rings is 1. The molecule has 0 fully saturated rings. The Morgan fingerprint density at radius 2 is 2.19 bits per heavy atom. The minimum absolute atomic E-state index is 0.0291. The van der Waals surface area contributed by atoms with Crippen LogP contribution < -0.4 is 4.90 Å². The van der Waals surface area contributed by atoms with Crippen LogP contribution in [-0.4, -0.2) is 16.6 Å². The molecular formula is C16H16BrN3O. The molecule has 0 saturated carbocycles. The van der Waals surface area contributed by atoms with Crippen LogP contribution in [0.1, 0.15) is 17.5 Å². The summed E-state index contributed by atoms with van der Waals surface area (Å²) in [4.78, 5) is 6.22. The van der Waals surface area contributed by atoms with Crippen LogP contribution in [0.15, 0.2) is 47.2 Å². The number of benzene rings is 1. The van der Waals surface area contributed by atoms with E-state index in [9.17, 15) is 5.11 Å². The van der Waals surface area contributed by atoms with Crippen LogP contribution in [0.5, 0.6) is 0 Å². The summed E-state index contributed by atoms with van der Waals surface area (Å²) < 4.78 is 0.947. The lowest BCUT2D eigenvalue weighted by molar-refractivity contribution is 0.282. The van der Waals surface area contributed by atoms with Crippen molar-refractivity contribution in [1.82, 2.24) is 4.98 Å². The molecule has 1 heterocycles. The van der Waals surface area contributed by atoms with E-state index in [4.69, 9.17) is 5.26 Å². The van der Waals surface area contributed by atoms with E-state index in [2.05, 4.69) is 31.9 Å². The smallest absolute Gasteiger partial charge is 0.0702 e. The monoisotopic (exact) mass is 345 g/mol. The molecule has 2 aromatic rings. The van der Waals surface area contributed by atoms with E-state index >= 15 is 0 Å². The van der Waals surface area contributed by atoms with Gasteiger partial charge in [0.2, 0.25) is 0 Å². The molecule has 0 atom stereocenters. The highest BCUT2D eigenvalue weighted by atomic mass is 79.9. The van der Waals surface area contributed by atoms with Gasteiger partial charge in [-0.1, -0.05) is 28.1 Å². The fraction of sp³-hybridized carbons (Fsp3) is 0.250. The third-order valence-corrected chi connectivity index (χ3v) is 3.64. The Kier molecular flexibility index (Phi) is 5.73. The van der Waals surface area contributed by atoms with E-state index in [-0.39, 0.29) is 6.61 Å². The molecule has 1 aromatic heterocycles. The van der Waals surface area contributed by atoms with E-state index in [0.29, 0.717) is 19.5 Å². The zero-order chi connectivity index (χ0) is 15.1. The van der Waals surface area contributed by atoms with Crippen molar-refractivity contribution in [3.8, 4) is 6.07 Å². The molecule has 5 heteroatoms. The second-order valence-corrected chi connectivity index (χ2v) is 5.54. The average Bonchev–Trinajstić information content (AvgIpc) is 2.52. The molecule has 1 N–H and O–H groups in total. The lowest BCUT2D eigenvalue weighted by atomic mass is 10.1. The van der Waals surface area contributed by atoms with Crippen molar-refractivity contribution in [3.63, 3.8) is 0 Å². The van der Waals surface area contributed by atoms with Gasteiger partial charge in [-0.3, -0.25) is 4.98 Å². The summed E-state index contributed by atoms with van der Waals surface area (Å²) in [7, 11) is 0. The van der Waals surface area contributed by atoms with Gasteiger partial charge in [-0.2, -0.15) is 5.26 Å². The SMILES string of the molecule is N#CCCN(Cc1cccnc1)c1cc(Br)ccc1CO. The van der Waals surface area contributed by atoms with Crippen molar-refractivity contribution in [3.05, 3.63) is 58.3 Å². The second kappa shape index (κ2) is 7.77. The van der Waals surface area contributed by atoms with Crippen LogP contribution in [0.4, 0.5) is 5.69 Å². The summed E-state index contributed by atoms with van der Waals surface area (Å²) in [6.07, 6.45) is 3.98. The third kappa shape index (κ3) is 4.28. The molecule has 4 nitrogen and oxygen atoms in total. The Bertz CT molecular complexity index is 625. The highest BCUT2D eigenvalue weighted by Crippen LogP contribution is 2.27. The number of nitriles is 1. The predicted molar refractivity (Wildman–Crippen MR) is 85.6 cm³/mol. The first kappa shape index (κ1) is 15.5. The molecule has 21 heavy (non-hydrogen) atoms. The van der Waals surface area contributed by atoms with Crippen molar-refractivity contribution in [1.29, 1.82) is 5.26 Å². The van der Waals surface area contributed by atoms with E-state index in [1.165, 1.54) is 0 Å². The number of nitrogens with zero attached hydrogens (tertiary/aromatic N) is 3. The van der Waals surface area contributed by atoms with Gasteiger partial charge >= 0.3 is 0 Å². The number of anilines is 1. The molecule has 108 valence electrons. The van der Waals surface area contributed by atoms with Gasteiger partial charge in [0, 0.05) is 41.2 Å². The third-order valence-electron chi connectivity index (χ3n) is 3.15. The van der Waals surface area contributed by atoms with Gasteiger partial charge in [0.05, 0.1) is 19.1 Å². The van der Waals surface area contributed by atoms with Crippen molar-refractivity contribution in [2.75, 3.05) is 11.4 Å². The summed E-state index contributed by atoms with van der Waals surface area (Å²) in [6.45, 7) is 1.23. The molecule has 0 amide bonds. The van der Waals surface area contributed by atoms with Crippen LogP contribution in [-0.2, 0) is 13.2 Å². The van der Waals surface area contributed by atoms with E-state index in [0.717, 1.165) is 21.3 Å². The second-order valence-electron chi connectivity index (χ2n) is 4.62. The van der Waals surface area contributed by atoms with Crippen molar-refractivity contribution in [2.24, 2.45) is 0 Å². The van der Waals surface area contributed by atoms with Crippen LogP contribution in [0.2, 0.25) is 0 Å². The highest BCUT2D eigenvalue weighted by molar-refractivity contribution is 9.10. The fourth-order valence-electron chi connectivity index (χ4n) is 2.15. The van der Waals surface area contributed by atoms with Crippen LogP contribution in [0, 0.1) is 11.3 Å². The molecule has 2 rings (SSSR count). The van der Waals surface area contributed by atoms with Gasteiger partial charge in [-0.15, -0.1) is 0 Å². The number of rotatable bonds is 6. The summed E-state index contributed by atoms with van der Waals surface area (Å²) in [6, 6.07) is 11.8. The summed E-state index contributed by atoms with van der Waals surface area (Å²) in [5, 5.41) is 18.4. The standard InChI is InChI=1S/C16H16BrN3O/c17-15-5-4-14(12-21)16(9-15)20(8-2-6-18)11-13-3-1-7-19-10-13/h1,3-5,7,9-10,21H,2,8,11-12H2. The Morgan fingerprint density at radius 3 is 2.86 bits per heavy atom. The molecule has 0 spiro atoms. The lowest BCUT2D eigenvalue weighted by Gasteiger charge is -2.26. The number of aromatic nitrogens is 1. The minimum Gasteiger partial charge on any atom is -0.392 e. The molecule has 0 unspecified atom stereocenters. The summed E-state index contributed by atoms with van der Waals surface area (Å²) in [5.41, 5.74) is 2.85. The molecule has 0 bridgehead atoms. The van der Waals surface area contributed by atoms with Gasteiger partial charge in [-0.25, -0.2) is 0 Å². The Labute approximate surface area is 132 Å². The van der Waals surface area contributed by atoms with E-state index < -0.39 is 0 Å². The molecular weight excluding hydrogens is 330 g/mol. The summed E-state index contributed by atoms with van der Waals surface area (Å²) in [5.74, 6) is 0. The largest absolute Gasteiger partial charge is 0.392 e. The maximum Gasteiger partial charge on any atom is 0.0702 e. The van der Waals surface area contributed by atoms with Crippen molar-refractivity contribution in [2.45, 2.75) is 19.6 Å². The van der Waals surface area contributed by atoms with Gasteiger partial charge < -0.3 is 10.0 Å². The van der Waals surface area contributed by atoms with Crippen LogP contribution in [0.25, 0.3) is 0 Å². The highest BCUT2D eigenvalue weighted by Gasteiger charge is 2.12. The zero-order valence-electron chi connectivity index (χ0n) is 11.5. The first-order valence-electron chi connectivity index (χ1n) is 6.64. The molecule has 1 aromatic carbocycles. The van der Waals surface area contributed by atoms with Gasteiger partial charge in [0.1, 0.15) is 0 Å². The van der Waals surface area contributed by atoms with E-state index in [1.54, 1.807) is 6.20 Å². The Morgan fingerprint density at radius 1 is 1.33 bits per heavy atom. The topological polar surface area (TPSA) is 60.2 Å². The first-order chi connectivity index (χ1) is 10.2. The molecule has 0 radical (unpaired) electrons. The molecule has 0 aliphatic carbocycles. The van der Waals surface area contributed by atoms with Crippen LogP contribution in [0.3, 0.4) is 0 Å². The van der Waals surface area contributed by atoms with Crippen molar-refractivity contribution >= 4 is 21.6 Å². The normalized spacial score (nSPS) is 10.1. The molecule has 0 aliphatic heterocycles. The number of halogens is 1. The zero-order valence-corrected chi connectivity index (χ0v) is 13.1. The Balaban J connectivity index is 2.31. The Hall–Kier alpha value is -1.90. The summed E-state index contributed by atoms with van der Waals surface area (Å²) >= 11 is 3.46. The van der Waals surface area contributed by atoms with Gasteiger partial charge in [0.25, 0.3) is 0 Å². The van der Waals surface area contributed by atoms with E-state index in [1.807, 2.05) is 36.5 Å². The van der Waals surface area contributed by atoms with Gasteiger partial charge in [0.15, 0.2) is 0 Å². The van der Waals surface area contributed by atoms with Crippen LogP contribution >= 0.6 is 15.9 Å². The molecule has 0 saturated heterocycles. The number of aliphatic hydroxyl groups excluding tert-OH is 1. The first-order valence-corrected chi connectivity index (χ1v) is 7.44. The van der Waals surface area contributed by atoms with Gasteiger partial charge in [-0.05, 0) is 23.8 Å². The average molecular weight is 346 g/mol. The maximum absolute atomic E-state index is 9.53. The fourth-order valence-corrected chi connectivity index (χ4v) is 2.50.